The summed E-state index contributed by atoms with van der Waals surface area (Å²) >= 11 is 1.46. The van der Waals surface area contributed by atoms with Crippen molar-refractivity contribution in [2.75, 3.05) is 18.1 Å². The third-order valence-electron chi connectivity index (χ3n) is 1.61. The standard InChI is InChI=1S/C10H19N3O2S/c1-3-5-12-10(15)13-9(14)7-16-6-4-8(2)11/h3,8H,1,4-7,11H2,2H3,(H2,12,13,14,15). The third kappa shape index (κ3) is 9.54. The van der Waals surface area contributed by atoms with Crippen LogP contribution in [0.1, 0.15) is 13.3 Å². The summed E-state index contributed by atoms with van der Waals surface area (Å²) in [5.74, 6) is 0.796. The van der Waals surface area contributed by atoms with Gasteiger partial charge < -0.3 is 11.1 Å². The quantitative estimate of drug-likeness (QED) is 0.449. The highest BCUT2D eigenvalue weighted by Crippen LogP contribution is 2.02. The molecule has 16 heavy (non-hydrogen) atoms. The molecular formula is C10H19N3O2S. The fourth-order valence-electron chi connectivity index (χ4n) is 0.806. The summed E-state index contributed by atoms with van der Waals surface area (Å²) < 4.78 is 0. The number of amides is 3. The molecule has 0 aromatic rings. The first-order chi connectivity index (χ1) is 7.56. The first-order valence-corrected chi connectivity index (χ1v) is 6.23. The molecule has 0 bridgehead atoms. The Kier molecular flexibility index (Phi) is 8.65. The Balaban J connectivity index is 3.50. The van der Waals surface area contributed by atoms with Crippen LogP contribution in [0.2, 0.25) is 0 Å². The first-order valence-electron chi connectivity index (χ1n) is 5.08. The van der Waals surface area contributed by atoms with Gasteiger partial charge >= 0.3 is 6.03 Å². The van der Waals surface area contributed by atoms with Gasteiger partial charge in [0.05, 0.1) is 5.75 Å². The van der Waals surface area contributed by atoms with Crippen LogP contribution in [0.3, 0.4) is 0 Å². The van der Waals surface area contributed by atoms with E-state index in [9.17, 15) is 9.59 Å². The molecule has 1 atom stereocenters. The number of carbonyl (C=O) groups is 2. The van der Waals surface area contributed by atoms with E-state index in [0.29, 0.717) is 6.54 Å². The van der Waals surface area contributed by atoms with Crippen molar-refractivity contribution in [3.05, 3.63) is 12.7 Å². The van der Waals surface area contributed by atoms with Crippen LogP contribution < -0.4 is 16.4 Å². The van der Waals surface area contributed by atoms with Crippen LogP contribution in [0.5, 0.6) is 0 Å². The zero-order valence-corrected chi connectivity index (χ0v) is 10.3. The van der Waals surface area contributed by atoms with E-state index in [4.69, 9.17) is 5.73 Å². The maximum Gasteiger partial charge on any atom is 0.321 e. The molecule has 0 saturated carbocycles. The lowest BCUT2D eigenvalue weighted by atomic mass is 10.3. The lowest BCUT2D eigenvalue weighted by molar-refractivity contribution is -0.117. The van der Waals surface area contributed by atoms with Gasteiger partial charge in [0.2, 0.25) is 5.91 Å². The van der Waals surface area contributed by atoms with Crippen LogP contribution in [0.4, 0.5) is 4.79 Å². The molecule has 6 heteroatoms. The maximum atomic E-state index is 11.2. The van der Waals surface area contributed by atoms with Gasteiger partial charge in [-0.1, -0.05) is 6.08 Å². The van der Waals surface area contributed by atoms with E-state index in [2.05, 4.69) is 17.2 Å². The predicted octanol–water partition coefficient (Wildman–Crippen LogP) is 0.469. The highest BCUT2D eigenvalue weighted by Gasteiger charge is 2.06. The molecule has 5 nitrogen and oxygen atoms in total. The minimum absolute atomic E-state index is 0.145. The molecule has 0 radical (unpaired) electrons. The number of hydrogen-bond donors (Lipinski definition) is 3. The zero-order chi connectivity index (χ0) is 12.4. The Hall–Kier alpha value is -1.01. The Labute approximate surface area is 100 Å². The highest BCUT2D eigenvalue weighted by molar-refractivity contribution is 7.99. The minimum Gasteiger partial charge on any atom is -0.334 e. The molecule has 0 aliphatic heterocycles. The lowest BCUT2D eigenvalue weighted by Gasteiger charge is -2.05. The van der Waals surface area contributed by atoms with Crippen molar-refractivity contribution >= 4 is 23.7 Å². The fraction of sp³-hybridized carbons (Fsp3) is 0.600. The number of rotatable bonds is 7. The van der Waals surface area contributed by atoms with Gasteiger partial charge in [0.1, 0.15) is 0 Å². The molecule has 0 aromatic heterocycles. The van der Waals surface area contributed by atoms with Crippen molar-refractivity contribution < 1.29 is 9.59 Å². The van der Waals surface area contributed by atoms with Crippen molar-refractivity contribution in [1.82, 2.24) is 10.6 Å². The van der Waals surface area contributed by atoms with Crippen LogP contribution in [0, 0.1) is 0 Å². The number of hydrogen-bond acceptors (Lipinski definition) is 4. The minimum atomic E-state index is -0.488. The van der Waals surface area contributed by atoms with Crippen LogP contribution >= 0.6 is 11.8 Å². The second-order valence-electron chi connectivity index (χ2n) is 3.37. The molecule has 4 N–H and O–H groups in total. The van der Waals surface area contributed by atoms with Crippen molar-refractivity contribution in [1.29, 1.82) is 0 Å². The molecule has 1 unspecified atom stereocenters. The van der Waals surface area contributed by atoms with Crippen molar-refractivity contribution in [2.45, 2.75) is 19.4 Å². The van der Waals surface area contributed by atoms with Gasteiger partial charge in [0.25, 0.3) is 0 Å². The second kappa shape index (κ2) is 9.23. The number of carbonyl (C=O) groups excluding carboxylic acids is 2. The largest absolute Gasteiger partial charge is 0.334 e. The van der Waals surface area contributed by atoms with Crippen molar-refractivity contribution in [2.24, 2.45) is 5.73 Å². The predicted molar refractivity (Wildman–Crippen MR) is 67.3 cm³/mol. The lowest BCUT2D eigenvalue weighted by Crippen LogP contribution is -2.40. The summed E-state index contributed by atoms with van der Waals surface area (Å²) in [6.45, 7) is 5.71. The monoisotopic (exact) mass is 245 g/mol. The van der Waals surface area contributed by atoms with E-state index in [1.165, 1.54) is 11.8 Å². The van der Waals surface area contributed by atoms with E-state index in [0.717, 1.165) is 12.2 Å². The topological polar surface area (TPSA) is 84.2 Å². The van der Waals surface area contributed by atoms with Gasteiger partial charge in [-0.25, -0.2) is 4.79 Å². The van der Waals surface area contributed by atoms with Gasteiger partial charge in [-0.3, -0.25) is 10.1 Å². The summed E-state index contributed by atoms with van der Waals surface area (Å²) in [7, 11) is 0. The van der Waals surface area contributed by atoms with Crippen LogP contribution in [-0.4, -0.2) is 36.0 Å². The Bertz CT molecular complexity index is 244. The van der Waals surface area contributed by atoms with E-state index in [1.807, 2.05) is 6.92 Å². The Morgan fingerprint density at radius 2 is 2.25 bits per heavy atom. The Morgan fingerprint density at radius 3 is 2.81 bits per heavy atom. The van der Waals surface area contributed by atoms with Gasteiger partial charge in [0, 0.05) is 12.6 Å². The molecule has 0 aliphatic rings. The number of urea groups is 1. The Morgan fingerprint density at radius 1 is 1.56 bits per heavy atom. The van der Waals surface area contributed by atoms with Crippen LogP contribution in [0.25, 0.3) is 0 Å². The third-order valence-corrected chi connectivity index (χ3v) is 2.60. The average molecular weight is 245 g/mol. The first kappa shape index (κ1) is 15.0. The number of thioether (sulfide) groups is 1. The van der Waals surface area contributed by atoms with Gasteiger partial charge in [-0.05, 0) is 19.1 Å². The summed E-state index contributed by atoms with van der Waals surface area (Å²) in [5, 5.41) is 4.67. The van der Waals surface area contributed by atoms with E-state index >= 15 is 0 Å². The number of imide groups is 1. The summed E-state index contributed by atoms with van der Waals surface area (Å²) in [4.78, 5) is 22.2. The average Bonchev–Trinajstić information content (AvgIpc) is 2.21. The molecule has 92 valence electrons. The number of nitrogens with two attached hydrogens (primary N) is 1. The summed E-state index contributed by atoms with van der Waals surface area (Å²) in [6, 6.07) is -0.343. The molecule has 0 aliphatic carbocycles. The molecule has 3 amide bonds. The molecular weight excluding hydrogens is 226 g/mol. The zero-order valence-electron chi connectivity index (χ0n) is 9.49. The highest BCUT2D eigenvalue weighted by atomic mass is 32.2. The van der Waals surface area contributed by atoms with E-state index in [1.54, 1.807) is 6.08 Å². The number of nitrogens with one attached hydrogen (secondary N) is 2. The SMILES string of the molecule is C=CCNC(=O)NC(=O)CSCCC(C)N. The van der Waals surface area contributed by atoms with E-state index in [-0.39, 0.29) is 17.7 Å². The molecule has 0 rings (SSSR count). The molecule has 0 spiro atoms. The summed E-state index contributed by atoms with van der Waals surface area (Å²) in [6.07, 6.45) is 2.40. The van der Waals surface area contributed by atoms with Crippen molar-refractivity contribution in [3.63, 3.8) is 0 Å². The second-order valence-corrected chi connectivity index (χ2v) is 4.47. The van der Waals surface area contributed by atoms with E-state index < -0.39 is 6.03 Å². The molecule has 0 heterocycles. The van der Waals surface area contributed by atoms with Gasteiger partial charge in [-0.2, -0.15) is 11.8 Å². The van der Waals surface area contributed by atoms with Crippen molar-refractivity contribution in [3.8, 4) is 0 Å². The smallest absolute Gasteiger partial charge is 0.321 e. The normalized spacial score (nSPS) is 11.6. The fourth-order valence-corrected chi connectivity index (χ4v) is 1.75. The maximum absolute atomic E-state index is 11.2. The molecule has 0 saturated heterocycles. The molecule has 0 aromatic carbocycles. The van der Waals surface area contributed by atoms with Gasteiger partial charge in [0.15, 0.2) is 0 Å². The van der Waals surface area contributed by atoms with Crippen LogP contribution in [-0.2, 0) is 4.79 Å². The van der Waals surface area contributed by atoms with Crippen LogP contribution in [0.15, 0.2) is 12.7 Å². The molecule has 0 fully saturated rings. The summed E-state index contributed by atoms with van der Waals surface area (Å²) in [5.41, 5.74) is 5.56. The van der Waals surface area contributed by atoms with Gasteiger partial charge in [-0.15, -0.1) is 6.58 Å².